The molecule has 0 atom stereocenters. The quantitative estimate of drug-likeness (QED) is 0.898. The second-order valence-electron chi connectivity index (χ2n) is 5.90. The lowest BCUT2D eigenvalue weighted by Gasteiger charge is -2.17. The monoisotopic (exact) mass is 320 g/mol. The molecule has 0 spiro atoms. The zero-order chi connectivity index (χ0) is 16.0. The van der Waals surface area contributed by atoms with Crippen LogP contribution in [-0.2, 0) is 0 Å². The Hall–Kier alpha value is -1.81. The summed E-state index contributed by atoms with van der Waals surface area (Å²) >= 11 is 5.83. The molecule has 0 radical (unpaired) electrons. The Balaban J connectivity index is 2.12. The summed E-state index contributed by atoms with van der Waals surface area (Å²) in [7, 11) is 1.80. The number of H-pyrrole nitrogens is 1. The number of nitrogens with zero attached hydrogens (tertiary/aromatic N) is 1. The number of aromatic amines is 1. The van der Waals surface area contributed by atoms with Crippen molar-refractivity contribution in [2.24, 2.45) is 0 Å². The molecule has 22 heavy (non-hydrogen) atoms. The van der Waals surface area contributed by atoms with Crippen LogP contribution in [0.2, 0.25) is 5.02 Å². The summed E-state index contributed by atoms with van der Waals surface area (Å²) in [5, 5.41) is 0.342. The summed E-state index contributed by atoms with van der Waals surface area (Å²) in [6, 6.07) is 4.85. The zero-order valence-electron chi connectivity index (χ0n) is 12.8. The highest BCUT2D eigenvalue weighted by atomic mass is 35.5. The number of rotatable bonds is 3. The molecule has 1 fully saturated rings. The maximum Gasteiger partial charge on any atom is 0.270 e. The summed E-state index contributed by atoms with van der Waals surface area (Å²) in [4.78, 5) is 17.6. The van der Waals surface area contributed by atoms with Gasteiger partial charge in [-0.2, -0.15) is 0 Å². The van der Waals surface area contributed by atoms with E-state index in [-0.39, 0.29) is 5.91 Å². The lowest BCUT2D eigenvalue weighted by molar-refractivity contribution is 0.0780. The fraction of sp³-hybridized carbons (Fsp3) is 0.353. The van der Waals surface area contributed by atoms with Crippen molar-refractivity contribution < 1.29 is 9.18 Å². The number of benzene rings is 1. The fourth-order valence-corrected chi connectivity index (χ4v) is 2.87. The van der Waals surface area contributed by atoms with Crippen LogP contribution in [0.1, 0.15) is 34.6 Å². The van der Waals surface area contributed by atoms with Crippen LogP contribution < -0.4 is 0 Å². The Morgan fingerprint density at radius 3 is 2.64 bits per heavy atom. The normalized spacial score (nSPS) is 14.2. The Morgan fingerprint density at radius 1 is 1.36 bits per heavy atom. The summed E-state index contributed by atoms with van der Waals surface area (Å²) < 4.78 is 14.3. The minimum absolute atomic E-state index is 0.0944. The van der Waals surface area contributed by atoms with Gasteiger partial charge in [-0.15, -0.1) is 0 Å². The summed E-state index contributed by atoms with van der Waals surface area (Å²) in [5.74, 6) is -0.513. The average molecular weight is 321 g/mol. The highest BCUT2D eigenvalue weighted by Crippen LogP contribution is 2.35. The Morgan fingerprint density at radius 2 is 2.05 bits per heavy atom. The molecule has 1 heterocycles. The number of carbonyl (C=O) groups excluding carboxylic acids is 1. The summed E-state index contributed by atoms with van der Waals surface area (Å²) in [5.41, 5.74) is 3.24. The van der Waals surface area contributed by atoms with Gasteiger partial charge in [0.2, 0.25) is 0 Å². The molecule has 116 valence electrons. The van der Waals surface area contributed by atoms with Crippen molar-refractivity contribution in [1.29, 1.82) is 0 Å². The Bertz CT molecular complexity index is 749. The molecule has 0 aliphatic heterocycles. The molecule has 0 bridgehead atoms. The van der Waals surface area contributed by atoms with Crippen LogP contribution in [0, 0.1) is 19.7 Å². The SMILES string of the molecule is Cc1[nH]c(C(=O)N(C)C2CC2)c(-c2ccc(Cl)cc2F)c1C. The molecule has 0 saturated heterocycles. The van der Waals surface area contributed by atoms with Crippen LogP contribution >= 0.6 is 11.6 Å². The molecular weight excluding hydrogens is 303 g/mol. The van der Waals surface area contributed by atoms with Gasteiger partial charge in [0.05, 0.1) is 0 Å². The first kappa shape index (κ1) is 15.1. The molecule has 1 saturated carbocycles. The number of hydrogen-bond donors (Lipinski definition) is 1. The molecule has 0 unspecified atom stereocenters. The first-order valence-electron chi connectivity index (χ1n) is 7.32. The molecule has 3 nitrogen and oxygen atoms in total. The highest BCUT2D eigenvalue weighted by molar-refractivity contribution is 6.30. The van der Waals surface area contributed by atoms with Crippen molar-refractivity contribution in [3.63, 3.8) is 0 Å². The average Bonchev–Trinajstić information content (AvgIpc) is 3.27. The van der Waals surface area contributed by atoms with E-state index in [4.69, 9.17) is 11.6 Å². The minimum atomic E-state index is -0.419. The van der Waals surface area contributed by atoms with E-state index < -0.39 is 5.82 Å². The summed E-state index contributed by atoms with van der Waals surface area (Å²) in [6.45, 7) is 3.78. The van der Waals surface area contributed by atoms with E-state index in [9.17, 15) is 9.18 Å². The van der Waals surface area contributed by atoms with Gasteiger partial charge in [0.15, 0.2) is 0 Å². The lowest BCUT2D eigenvalue weighted by atomic mass is 10.00. The molecule has 1 amide bonds. The maximum absolute atomic E-state index is 14.3. The van der Waals surface area contributed by atoms with Gasteiger partial charge in [-0.1, -0.05) is 11.6 Å². The van der Waals surface area contributed by atoms with Gasteiger partial charge in [-0.05, 0) is 50.5 Å². The van der Waals surface area contributed by atoms with E-state index >= 15 is 0 Å². The number of amides is 1. The van der Waals surface area contributed by atoms with Crippen LogP contribution in [0.25, 0.3) is 11.1 Å². The number of carbonyl (C=O) groups is 1. The van der Waals surface area contributed by atoms with E-state index in [0.717, 1.165) is 24.1 Å². The third-order valence-corrected chi connectivity index (χ3v) is 4.56. The molecule has 1 aromatic carbocycles. The van der Waals surface area contributed by atoms with Crippen molar-refractivity contribution in [1.82, 2.24) is 9.88 Å². The van der Waals surface area contributed by atoms with E-state index in [2.05, 4.69) is 4.98 Å². The van der Waals surface area contributed by atoms with Gasteiger partial charge in [0, 0.05) is 34.9 Å². The standard InChI is InChI=1S/C17H18ClFN2O/c1-9-10(2)20-16(17(22)21(3)12-5-6-12)15(9)13-7-4-11(18)8-14(13)19/h4,7-8,12,20H,5-6H2,1-3H3. The fourth-order valence-electron chi connectivity index (χ4n) is 2.71. The largest absolute Gasteiger partial charge is 0.354 e. The van der Waals surface area contributed by atoms with Crippen LogP contribution in [-0.4, -0.2) is 28.9 Å². The first-order valence-corrected chi connectivity index (χ1v) is 7.69. The smallest absolute Gasteiger partial charge is 0.270 e. The van der Waals surface area contributed by atoms with Gasteiger partial charge in [0.1, 0.15) is 11.5 Å². The molecule has 5 heteroatoms. The molecule has 1 N–H and O–H groups in total. The van der Waals surface area contributed by atoms with E-state index in [1.54, 1.807) is 24.1 Å². The number of hydrogen-bond acceptors (Lipinski definition) is 1. The molecule has 1 aliphatic carbocycles. The third-order valence-electron chi connectivity index (χ3n) is 4.33. The lowest BCUT2D eigenvalue weighted by Crippen LogP contribution is -2.29. The molecular formula is C17H18ClFN2O. The first-order chi connectivity index (χ1) is 10.4. The van der Waals surface area contributed by atoms with Gasteiger partial charge in [-0.3, -0.25) is 4.79 Å². The maximum atomic E-state index is 14.3. The van der Waals surface area contributed by atoms with E-state index in [1.807, 2.05) is 13.8 Å². The van der Waals surface area contributed by atoms with Crippen molar-refractivity contribution in [2.45, 2.75) is 32.7 Å². The number of halogens is 2. The van der Waals surface area contributed by atoms with Crippen LogP contribution in [0.4, 0.5) is 4.39 Å². The van der Waals surface area contributed by atoms with E-state index in [0.29, 0.717) is 27.9 Å². The summed E-state index contributed by atoms with van der Waals surface area (Å²) in [6.07, 6.45) is 2.07. The van der Waals surface area contributed by atoms with E-state index in [1.165, 1.54) is 6.07 Å². The van der Waals surface area contributed by atoms with Crippen LogP contribution in [0.3, 0.4) is 0 Å². The van der Waals surface area contributed by atoms with Gasteiger partial charge in [0.25, 0.3) is 5.91 Å². The molecule has 1 aliphatic rings. The van der Waals surface area contributed by atoms with Crippen LogP contribution in [0.15, 0.2) is 18.2 Å². The topological polar surface area (TPSA) is 36.1 Å². The van der Waals surface area contributed by atoms with Crippen molar-refractivity contribution in [2.75, 3.05) is 7.05 Å². The predicted octanol–water partition coefficient (Wildman–Crippen LogP) is 4.33. The minimum Gasteiger partial charge on any atom is -0.354 e. The highest BCUT2D eigenvalue weighted by Gasteiger charge is 2.32. The number of nitrogens with one attached hydrogen (secondary N) is 1. The van der Waals surface area contributed by atoms with Gasteiger partial charge < -0.3 is 9.88 Å². The van der Waals surface area contributed by atoms with Crippen molar-refractivity contribution in [3.05, 3.63) is 46.0 Å². The van der Waals surface area contributed by atoms with Gasteiger partial charge in [-0.25, -0.2) is 4.39 Å². The zero-order valence-corrected chi connectivity index (χ0v) is 13.6. The number of aromatic nitrogens is 1. The predicted molar refractivity (Wildman–Crippen MR) is 85.8 cm³/mol. The van der Waals surface area contributed by atoms with Crippen molar-refractivity contribution >= 4 is 17.5 Å². The second-order valence-corrected chi connectivity index (χ2v) is 6.33. The van der Waals surface area contributed by atoms with Crippen molar-refractivity contribution in [3.8, 4) is 11.1 Å². The Kier molecular flexibility index (Phi) is 3.73. The number of aryl methyl sites for hydroxylation is 1. The Labute approximate surface area is 134 Å². The third kappa shape index (κ3) is 2.52. The van der Waals surface area contributed by atoms with Crippen LogP contribution in [0.5, 0.6) is 0 Å². The molecule has 2 aromatic rings. The second kappa shape index (κ2) is 5.43. The van der Waals surface area contributed by atoms with Gasteiger partial charge >= 0.3 is 0 Å². The molecule has 3 rings (SSSR count). The molecule has 1 aromatic heterocycles.